The number of anilines is 1. The molecular weight excluding hydrogens is 270 g/mol. The minimum absolute atomic E-state index is 0.0604. The zero-order valence-electron chi connectivity index (χ0n) is 9.53. The molecule has 1 aliphatic carbocycles. The average Bonchev–Trinajstić information content (AvgIpc) is 3.11. The Balaban J connectivity index is 2.23. The number of aromatic nitrogens is 2. The summed E-state index contributed by atoms with van der Waals surface area (Å²) in [5.41, 5.74) is 0. The van der Waals surface area contributed by atoms with Crippen LogP contribution in [0.25, 0.3) is 0 Å². The molecule has 1 fully saturated rings. The summed E-state index contributed by atoms with van der Waals surface area (Å²) in [6, 6.07) is 0. The van der Waals surface area contributed by atoms with E-state index in [1.807, 2.05) is 14.0 Å². The lowest BCUT2D eigenvalue weighted by molar-refractivity contribution is 0.0401. The topological polar surface area (TPSA) is 47.0 Å². The maximum Gasteiger partial charge on any atom is 0.159 e. The van der Waals surface area contributed by atoms with Gasteiger partial charge in [-0.05, 0) is 41.6 Å². The highest BCUT2D eigenvalue weighted by Crippen LogP contribution is 2.42. The number of nitrogens with zero attached hydrogens (tertiary/aromatic N) is 2. The van der Waals surface area contributed by atoms with Crippen molar-refractivity contribution in [3.05, 3.63) is 16.5 Å². The standard InChI is InChI=1S/C11H16BrN3O/c1-3-16-9(7-4-5-7)11-14-6-8(12)10(13-2)15-11/h6-7,9H,3-5H2,1-2H3,(H,13,14,15). The molecule has 4 nitrogen and oxygen atoms in total. The largest absolute Gasteiger partial charge is 0.372 e. The van der Waals surface area contributed by atoms with Crippen molar-refractivity contribution in [2.75, 3.05) is 19.0 Å². The number of hydrogen-bond donors (Lipinski definition) is 1. The molecule has 1 heterocycles. The first-order chi connectivity index (χ1) is 7.76. The summed E-state index contributed by atoms with van der Waals surface area (Å²) in [7, 11) is 1.85. The summed E-state index contributed by atoms with van der Waals surface area (Å²) >= 11 is 3.40. The van der Waals surface area contributed by atoms with E-state index in [0.717, 1.165) is 16.1 Å². The fourth-order valence-corrected chi connectivity index (χ4v) is 2.08. The molecule has 0 spiro atoms. The van der Waals surface area contributed by atoms with Crippen molar-refractivity contribution in [3.63, 3.8) is 0 Å². The fourth-order valence-electron chi connectivity index (χ4n) is 1.69. The van der Waals surface area contributed by atoms with Crippen LogP contribution in [0.2, 0.25) is 0 Å². The lowest BCUT2D eigenvalue weighted by Gasteiger charge is -2.15. The smallest absolute Gasteiger partial charge is 0.159 e. The summed E-state index contributed by atoms with van der Waals surface area (Å²) in [6.45, 7) is 2.71. The van der Waals surface area contributed by atoms with Crippen LogP contribution in [0.4, 0.5) is 5.82 Å². The molecular formula is C11H16BrN3O. The maximum atomic E-state index is 5.72. The molecule has 0 radical (unpaired) electrons. The molecule has 16 heavy (non-hydrogen) atoms. The number of halogens is 1. The first-order valence-electron chi connectivity index (χ1n) is 5.58. The molecule has 0 saturated heterocycles. The summed E-state index contributed by atoms with van der Waals surface area (Å²) in [6.07, 6.45) is 4.28. The van der Waals surface area contributed by atoms with Crippen molar-refractivity contribution in [2.45, 2.75) is 25.9 Å². The van der Waals surface area contributed by atoms with Gasteiger partial charge in [0.25, 0.3) is 0 Å². The van der Waals surface area contributed by atoms with E-state index in [2.05, 4.69) is 31.2 Å². The van der Waals surface area contributed by atoms with Gasteiger partial charge in [-0.3, -0.25) is 0 Å². The van der Waals surface area contributed by atoms with E-state index in [9.17, 15) is 0 Å². The maximum absolute atomic E-state index is 5.72. The van der Waals surface area contributed by atoms with Crippen molar-refractivity contribution in [3.8, 4) is 0 Å². The highest BCUT2D eigenvalue weighted by Gasteiger charge is 2.35. The third-order valence-electron chi connectivity index (χ3n) is 2.65. The Morgan fingerprint density at radius 3 is 2.94 bits per heavy atom. The summed E-state index contributed by atoms with van der Waals surface area (Å²) < 4.78 is 6.60. The van der Waals surface area contributed by atoms with Crippen LogP contribution in [-0.4, -0.2) is 23.6 Å². The van der Waals surface area contributed by atoms with Crippen molar-refractivity contribution in [1.82, 2.24) is 9.97 Å². The molecule has 1 atom stereocenters. The number of rotatable bonds is 5. The number of nitrogens with one attached hydrogen (secondary N) is 1. The van der Waals surface area contributed by atoms with E-state index in [4.69, 9.17) is 4.74 Å². The van der Waals surface area contributed by atoms with Gasteiger partial charge in [-0.1, -0.05) is 0 Å². The van der Waals surface area contributed by atoms with Crippen molar-refractivity contribution < 1.29 is 4.74 Å². The Hall–Kier alpha value is -0.680. The van der Waals surface area contributed by atoms with Gasteiger partial charge < -0.3 is 10.1 Å². The third kappa shape index (κ3) is 2.52. The monoisotopic (exact) mass is 285 g/mol. The summed E-state index contributed by atoms with van der Waals surface area (Å²) in [5, 5.41) is 3.04. The molecule has 1 saturated carbocycles. The molecule has 1 N–H and O–H groups in total. The summed E-state index contributed by atoms with van der Waals surface area (Å²) in [4.78, 5) is 8.82. The lowest BCUT2D eigenvalue weighted by Crippen LogP contribution is -2.12. The Bertz CT molecular complexity index is 368. The fraction of sp³-hybridized carbons (Fsp3) is 0.636. The molecule has 0 bridgehead atoms. The molecule has 2 rings (SSSR count). The van der Waals surface area contributed by atoms with Crippen LogP contribution >= 0.6 is 15.9 Å². The third-order valence-corrected chi connectivity index (χ3v) is 3.23. The molecule has 1 unspecified atom stereocenters. The van der Waals surface area contributed by atoms with Crippen molar-refractivity contribution in [1.29, 1.82) is 0 Å². The normalized spacial score (nSPS) is 17.2. The average molecular weight is 286 g/mol. The zero-order chi connectivity index (χ0) is 11.5. The minimum atomic E-state index is 0.0604. The van der Waals surface area contributed by atoms with Gasteiger partial charge >= 0.3 is 0 Å². The highest BCUT2D eigenvalue weighted by molar-refractivity contribution is 9.10. The molecule has 0 aliphatic heterocycles. The van der Waals surface area contributed by atoms with Crippen molar-refractivity contribution >= 4 is 21.7 Å². The first kappa shape index (κ1) is 11.8. The minimum Gasteiger partial charge on any atom is -0.372 e. The van der Waals surface area contributed by atoms with Crippen LogP contribution in [-0.2, 0) is 4.74 Å². The van der Waals surface area contributed by atoms with Gasteiger partial charge in [0.05, 0.1) is 4.47 Å². The van der Waals surface area contributed by atoms with Crippen molar-refractivity contribution in [2.24, 2.45) is 5.92 Å². The zero-order valence-corrected chi connectivity index (χ0v) is 11.1. The van der Waals surface area contributed by atoms with E-state index in [1.54, 1.807) is 6.20 Å². The van der Waals surface area contributed by atoms with Gasteiger partial charge in [0, 0.05) is 19.9 Å². The van der Waals surface area contributed by atoms with Crippen LogP contribution in [0.5, 0.6) is 0 Å². The highest BCUT2D eigenvalue weighted by atomic mass is 79.9. The van der Waals surface area contributed by atoms with Gasteiger partial charge in [0.2, 0.25) is 0 Å². The Labute approximate surface area is 104 Å². The predicted octanol–water partition coefficient (Wildman–Crippen LogP) is 2.77. The molecule has 88 valence electrons. The molecule has 0 amide bonds. The van der Waals surface area contributed by atoms with E-state index < -0.39 is 0 Å². The van der Waals surface area contributed by atoms with Gasteiger partial charge in [-0.15, -0.1) is 0 Å². The van der Waals surface area contributed by atoms with Gasteiger partial charge in [0.15, 0.2) is 5.82 Å². The van der Waals surface area contributed by atoms with Crippen LogP contribution in [0.1, 0.15) is 31.7 Å². The quantitative estimate of drug-likeness (QED) is 0.904. The van der Waals surface area contributed by atoms with Gasteiger partial charge in [-0.2, -0.15) is 0 Å². The first-order valence-corrected chi connectivity index (χ1v) is 6.37. The Morgan fingerprint density at radius 1 is 1.62 bits per heavy atom. The second kappa shape index (κ2) is 5.10. The molecule has 1 aromatic rings. The summed E-state index contributed by atoms with van der Waals surface area (Å²) in [5.74, 6) is 2.21. The molecule has 5 heteroatoms. The van der Waals surface area contributed by atoms with Crippen LogP contribution < -0.4 is 5.32 Å². The van der Waals surface area contributed by atoms with E-state index in [0.29, 0.717) is 12.5 Å². The van der Waals surface area contributed by atoms with Crippen LogP contribution in [0.3, 0.4) is 0 Å². The molecule has 1 aliphatic rings. The molecule has 0 aromatic carbocycles. The molecule has 1 aromatic heterocycles. The van der Waals surface area contributed by atoms with E-state index in [1.165, 1.54) is 12.8 Å². The lowest BCUT2D eigenvalue weighted by atomic mass is 10.2. The second-order valence-corrected chi connectivity index (χ2v) is 4.74. The van der Waals surface area contributed by atoms with E-state index >= 15 is 0 Å². The van der Waals surface area contributed by atoms with Crippen LogP contribution in [0, 0.1) is 5.92 Å². The predicted molar refractivity (Wildman–Crippen MR) is 66.4 cm³/mol. The van der Waals surface area contributed by atoms with Crippen LogP contribution in [0.15, 0.2) is 10.7 Å². The Kier molecular flexibility index (Phi) is 3.76. The SMILES string of the molecule is CCOC(c1ncc(Br)c(NC)n1)C1CC1. The Morgan fingerprint density at radius 2 is 2.38 bits per heavy atom. The van der Waals surface area contributed by atoms with E-state index in [-0.39, 0.29) is 6.10 Å². The van der Waals surface area contributed by atoms with Gasteiger partial charge in [0.1, 0.15) is 11.9 Å². The number of hydrogen-bond acceptors (Lipinski definition) is 4. The number of ether oxygens (including phenoxy) is 1. The second-order valence-electron chi connectivity index (χ2n) is 3.89. The van der Waals surface area contributed by atoms with Gasteiger partial charge in [-0.25, -0.2) is 9.97 Å².